The van der Waals surface area contributed by atoms with Gasteiger partial charge < -0.3 is 4.74 Å². The van der Waals surface area contributed by atoms with Crippen LogP contribution in [0.5, 0.6) is 0 Å². The van der Waals surface area contributed by atoms with Gasteiger partial charge in [-0.1, -0.05) is 6.08 Å². The molecular weight excluding hydrogens is 152 g/mol. The topological polar surface area (TPSA) is 26.3 Å². The van der Waals surface area contributed by atoms with Crippen LogP contribution in [0.4, 0.5) is 0 Å². The Kier molecular flexibility index (Phi) is 1.14. The number of carbonyl (C=O) groups excluding carboxylic acids is 1. The predicted octanol–water partition coefficient (Wildman–Crippen LogP) is 1.45. The number of fused-ring (bicyclic) bond motifs is 1. The van der Waals surface area contributed by atoms with Crippen LogP contribution in [0, 0.1) is 5.92 Å². The van der Waals surface area contributed by atoms with E-state index >= 15 is 0 Å². The van der Waals surface area contributed by atoms with E-state index in [1.54, 1.807) is 6.08 Å². The van der Waals surface area contributed by atoms with Crippen LogP contribution < -0.4 is 0 Å². The monoisotopic (exact) mass is 164 g/mol. The van der Waals surface area contributed by atoms with Gasteiger partial charge in [0.05, 0.1) is 6.10 Å². The summed E-state index contributed by atoms with van der Waals surface area (Å²) >= 11 is 0. The van der Waals surface area contributed by atoms with E-state index in [0.29, 0.717) is 5.92 Å². The van der Waals surface area contributed by atoms with Crippen molar-refractivity contribution >= 4 is 5.78 Å². The highest BCUT2D eigenvalue weighted by molar-refractivity contribution is 5.98. The lowest BCUT2D eigenvalue weighted by atomic mass is 9.88. The first-order valence-corrected chi connectivity index (χ1v) is 4.72. The minimum absolute atomic E-state index is 0.221. The molecule has 0 N–H and O–H groups in total. The Balaban J connectivity index is 2.09. The van der Waals surface area contributed by atoms with Crippen molar-refractivity contribution in [1.82, 2.24) is 0 Å². The Bertz CT molecular complexity index is 269. The zero-order chi connectivity index (χ0) is 8.18. The van der Waals surface area contributed by atoms with E-state index in [2.05, 4.69) is 0 Å². The number of ether oxygens (including phenoxy) is 1. The molecule has 0 radical (unpaired) electrons. The predicted molar refractivity (Wildman–Crippen MR) is 43.7 cm³/mol. The maximum atomic E-state index is 11.6. The minimum Gasteiger partial charge on any atom is -0.359 e. The molecule has 2 nitrogen and oxygen atoms in total. The standard InChI is InChI=1S/C10H12O2/c11-9-4-3-8-6-7-2-1-5-10(7,9)12-8/h3-4,7-8H,1-2,5-6H2/t7-,8-,10-/m0/s1. The quantitative estimate of drug-likeness (QED) is 0.541. The molecule has 0 amide bonds. The largest absolute Gasteiger partial charge is 0.359 e. The van der Waals surface area contributed by atoms with Crippen LogP contribution in [0.15, 0.2) is 12.2 Å². The van der Waals surface area contributed by atoms with Crippen LogP contribution in [0.3, 0.4) is 0 Å². The van der Waals surface area contributed by atoms with Gasteiger partial charge >= 0.3 is 0 Å². The van der Waals surface area contributed by atoms with E-state index in [1.165, 1.54) is 6.42 Å². The molecule has 1 spiro atoms. The maximum absolute atomic E-state index is 11.6. The third kappa shape index (κ3) is 0.626. The Morgan fingerprint density at radius 1 is 1.58 bits per heavy atom. The van der Waals surface area contributed by atoms with Crippen LogP contribution in [-0.2, 0) is 9.53 Å². The van der Waals surface area contributed by atoms with Crippen molar-refractivity contribution in [2.75, 3.05) is 0 Å². The van der Waals surface area contributed by atoms with Crippen molar-refractivity contribution in [3.05, 3.63) is 12.2 Å². The Hall–Kier alpha value is -0.630. The van der Waals surface area contributed by atoms with Crippen molar-refractivity contribution in [3.63, 3.8) is 0 Å². The number of hydrogen-bond acceptors (Lipinski definition) is 2. The second kappa shape index (κ2) is 1.99. The summed E-state index contributed by atoms with van der Waals surface area (Å²) in [5, 5.41) is 0. The Morgan fingerprint density at radius 3 is 3.42 bits per heavy atom. The maximum Gasteiger partial charge on any atom is 0.187 e. The number of rotatable bonds is 0. The molecule has 2 aliphatic heterocycles. The molecule has 3 atom stereocenters. The molecule has 2 heteroatoms. The van der Waals surface area contributed by atoms with Gasteiger partial charge in [-0.15, -0.1) is 0 Å². The van der Waals surface area contributed by atoms with Gasteiger partial charge in [0.1, 0.15) is 5.60 Å². The lowest BCUT2D eigenvalue weighted by Crippen LogP contribution is -2.41. The fraction of sp³-hybridized carbons (Fsp3) is 0.700. The van der Waals surface area contributed by atoms with E-state index in [0.717, 1.165) is 19.3 Å². The number of ketones is 1. The van der Waals surface area contributed by atoms with Gasteiger partial charge in [-0.05, 0) is 37.7 Å². The van der Waals surface area contributed by atoms with Gasteiger partial charge in [0.2, 0.25) is 0 Å². The summed E-state index contributed by atoms with van der Waals surface area (Å²) in [5.41, 5.74) is -0.362. The first-order chi connectivity index (χ1) is 5.81. The number of carbonyl (C=O) groups is 1. The summed E-state index contributed by atoms with van der Waals surface area (Å²) in [7, 11) is 0. The summed E-state index contributed by atoms with van der Waals surface area (Å²) in [6, 6.07) is 0. The molecular formula is C10H12O2. The molecule has 0 aromatic carbocycles. The Labute approximate surface area is 71.6 Å². The molecule has 0 aromatic rings. The summed E-state index contributed by atoms with van der Waals surface area (Å²) < 4.78 is 5.78. The summed E-state index contributed by atoms with van der Waals surface area (Å²) in [6.45, 7) is 0. The van der Waals surface area contributed by atoms with E-state index in [9.17, 15) is 4.79 Å². The summed E-state index contributed by atoms with van der Waals surface area (Å²) in [5.74, 6) is 0.740. The summed E-state index contributed by atoms with van der Waals surface area (Å²) in [6.07, 6.45) is 8.28. The molecule has 0 aromatic heterocycles. The molecule has 12 heavy (non-hydrogen) atoms. The molecule has 1 saturated carbocycles. The van der Waals surface area contributed by atoms with Gasteiger partial charge in [0.25, 0.3) is 0 Å². The molecule has 2 bridgehead atoms. The lowest BCUT2D eigenvalue weighted by molar-refractivity contribution is -0.140. The van der Waals surface area contributed by atoms with E-state index in [1.807, 2.05) is 6.08 Å². The SMILES string of the molecule is O=C1C=C[C@H]2C[C@@H]3CCC[C@@]13O2. The molecule has 64 valence electrons. The van der Waals surface area contributed by atoms with Gasteiger partial charge in [0.15, 0.2) is 5.78 Å². The van der Waals surface area contributed by atoms with Gasteiger partial charge in [0, 0.05) is 0 Å². The van der Waals surface area contributed by atoms with Crippen molar-refractivity contribution in [2.24, 2.45) is 5.92 Å². The van der Waals surface area contributed by atoms with Gasteiger partial charge in [-0.25, -0.2) is 0 Å². The van der Waals surface area contributed by atoms with Crippen LogP contribution in [0.2, 0.25) is 0 Å². The Morgan fingerprint density at radius 2 is 2.50 bits per heavy atom. The van der Waals surface area contributed by atoms with Crippen LogP contribution in [-0.4, -0.2) is 17.5 Å². The van der Waals surface area contributed by atoms with Crippen molar-refractivity contribution in [1.29, 1.82) is 0 Å². The average molecular weight is 164 g/mol. The highest BCUT2D eigenvalue weighted by atomic mass is 16.5. The molecule has 3 aliphatic rings. The van der Waals surface area contributed by atoms with Crippen molar-refractivity contribution < 1.29 is 9.53 Å². The molecule has 2 heterocycles. The fourth-order valence-corrected chi connectivity index (χ4v) is 2.95. The van der Waals surface area contributed by atoms with Crippen LogP contribution in [0.1, 0.15) is 25.7 Å². The van der Waals surface area contributed by atoms with Gasteiger partial charge in [-0.3, -0.25) is 4.79 Å². The molecule has 1 aliphatic carbocycles. The molecule has 0 unspecified atom stereocenters. The first kappa shape index (κ1) is 6.84. The zero-order valence-electron chi connectivity index (χ0n) is 6.95. The third-order valence-electron chi connectivity index (χ3n) is 3.52. The van der Waals surface area contributed by atoms with E-state index < -0.39 is 0 Å². The van der Waals surface area contributed by atoms with Crippen molar-refractivity contribution in [3.8, 4) is 0 Å². The molecule has 2 fully saturated rings. The van der Waals surface area contributed by atoms with Crippen LogP contribution >= 0.6 is 0 Å². The lowest BCUT2D eigenvalue weighted by Gasteiger charge is -2.28. The number of hydrogen-bond donors (Lipinski definition) is 0. The highest BCUT2D eigenvalue weighted by Gasteiger charge is 2.56. The third-order valence-corrected chi connectivity index (χ3v) is 3.52. The van der Waals surface area contributed by atoms with Gasteiger partial charge in [-0.2, -0.15) is 0 Å². The average Bonchev–Trinajstić information content (AvgIpc) is 2.52. The highest BCUT2D eigenvalue weighted by Crippen LogP contribution is 2.50. The fourth-order valence-electron chi connectivity index (χ4n) is 2.95. The normalized spacial score (nSPS) is 49.8. The first-order valence-electron chi connectivity index (χ1n) is 4.72. The second-order valence-electron chi connectivity index (χ2n) is 4.09. The van der Waals surface area contributed by atoms with E-state index in [4.69, 9.17) is 4.74 Å². The minimum atomic E-state index is -0.362. The molecule has 1 saturated heterocycles. The second-order valence-corrected chi connectivity index (χ2v) is 4.09. The molecule has 3 rings (SSSR count). The van der Waals surface area contributed by atoms with Crippen LogP contribution in [0.25, 0.3) is 0 Å². The van der Waals surface area contributed by atoms with E-state index in [-0.39, 0.29) is 17.5 Å². The smallest absolute Gasteiger partial charge is 0.187 e. The van der Waals surface area contributed by atoms with Crippen molar-refractivity contribution in [2.45, 2.75) is 37.4 Å². The zero-order valence-corrected chi connectivity index (χ0v) is 6.95. The summed E-state index contributed by atoms with van der Waals surface area (Å²) in [4.78, 5) is 11.6.